The molecule has 6 nitrogen and oxygen atoms in total. The molecule has 3 aromatic heterocycles. The monoisotopic (exact) mass is 381 g/mol. The lowest BCUT2D eigenvalue weighted by Gasteiger charge is -2.01. The van der Waals surface area contributed by atoms with Crippen molar-refractivity contribution in [3.8, 4) is 16.9 Å². The highest BCUT2D eigenvalue weighted by atomic mass is 16.1. The van der Waals surface area contributed by atoms with E-state index < -0.39 is 0 Å². The van der Waals surface area contributed by atoms with Gasteiger partial charge in [0.1, 0.15) is 5.69 Å². The van der Waals surface area contributed by atoms with Gasteiger partial charge in [0, 0.05) is 54.7 Å². The second-order valence-electron chi connectivity index (χ2n) is 6.37. The fourth-order valence-corrected chi connectivity index (χ4v) is 2.87. The van der Waals surface area contributed by atoms with E-state index >= 15 is 0 Å². The molecule has 4 rings (SSSR count). The number of hydrogen-bond acceptors (Lipinski definition) is 4. The normalized spacial score (nSPS) is 10.9. The summed E-state index contributed by atoms with van der Waals surface area (Å²) in [5.74, 6) is -0.182. The Hall–Kier alpha value is -4.06. The number of nitrogens with zero attached hydrogens (tertiary/aromatic N) is 4. The van der Waals surface area contributed by atoms with Crippen LogP contribution in [0.25, 0.3) is 23.0 Å². The van der Waals surface area contributed by atoms with Crippen LogP contribution in [0.15, 0.2) is 91.7 Å². The second kappa shape index (κ2) is 8.75. The van der Waals surface area contributed by atoms with Gasteiger partial charge >= 0.3 is 0 Å². The molecule has 1 N–H and O–H groups in total. The van der Waals surface area contributed by atoms with Crippen LogP contribution in [0.5, 0.6) is 0 Å². The summed E-state index contributed by atoms with van der Waals surface area (Å²) in [7, 11) is 0. The maximum atomic E-state index is 12.3. The number of para-hydroxylation sites is 1. The van der Waals surface area contributed by atoms with Gasteiger partial charge in [0.15, 0.2) is 0 Å². The van der Waals surface area contributed by atoms with Gasteiger partial charge in [0.25, 0.3) is 0 Å². The SMILES string of the molecule is O=C(/C=C/c1cn(-c2ccccc2)nc1-c1cccnc1)NCc1cccnc1. The number of pyridine rings is 2. The van der Waals surface area contributed by atoms with Crippen LogP contribution in [0.4, 0.5) is 0 Å². The fraction of sp³-hybridized carbons (Fsp3) is 0.0435. The summed E-state index contributed by atoms with van der Waals surface area (Å²) < 4.78 is 1.80. The van der Waals surface area contributed by atoms with Crippen molar-refractivity contribution in [1.82, 2.24) is 25.1 Å². The molecule has 4 aromatic rings. The van der Waals surface area contributed by atoms with Crippen LogP contribution in [-0.4, -0.2) is 25.7 Å². The molecule has 0 aliphatic rings. The molecule has 6 heteroatoms. The van der Waals surface area contributed by atoms with Gasteiger partial charge in [-0.1, -0.05) is 24.3 Å². The maximum absolute atomic E-state index is 12.3. The number of carbonyl (C=O) groups excluding carboxylic acids is 1. The summed E-state index contributed by atoms with van der Waals surface area (Å²) in [6.07, 6.45) is 12.1. The van der Waals surface area contributed by atoms with Crippen LogP contribution in [0.2, 0.25) is 0 Å². The molecule has 0 spiro atoms. The minimum Gasteiger partial charge on any atom is -0.348 e. The first-order valence-corrected chi connectivity index (χ1v) is 9.20. The standard InChI is InChI=1S/C23H19N5O/c29-22(26-15-18-6-4-12-24-14-18)11-10-20-17-28(21-8-2-1-3-9-21)27-23(20)19-7-5-13-25-16-19/h1-14,16-17H,15H2,(H,26,29)/b11-10+. The topological polar surface area (TPSA) is 72.7 Å². The van der Waals surface area contributed by atoms with Crippen LogP contribution < -0.4 is 5.32 Å². The smallest absolute Gasteiger partial charge is 0.244 e. The zero-order chi connectivity index (χ0) is 19.9. The Morgan fingerprint density at radius 3 is 2.48 bits per heavy atom. The van der Waals surface area contributed by atoms with E-state index in [9.17, 15) is 4.79 Å². The molecule has 0 unspecified atom stereocenters. The maximum Gasteiger partial charge on any atom is 0.244 e. The minimum atomic E-state index is -0.182. The van der Waals surface area contributed by atoms with Gasteiger partial charge < -0.3 is 5.32 Å². The van der Waals surface area contributed by atoms with E-state index in [0.717, 1.165) is 28.1 Å². The van der Waals surface area contributed by atoms with Crippen molar-refractivity contribution in [1.29, 1.82) is 0 Å². The summed E-state index contributed by atoms with van der Waals surface area (Å²) in [4.78, 5) is 20.5. The lowest BCUT2D eigenvalue weighted by Crippen LogP contribution is -2.20. The zero-order valence-electron chi connectivity index (χ0n) is 15.6. The lowest BCUT2D eigenvalue weighted by molar-refractivity contribution is -0.116. The van der Waals surface area contributed by atoms with Gasteiger partial charge in [0.05, 0.1) is 5.69 Å². The first kappa shape index (κ1) is 18.3. The van der Waals surface area contributed by atoms with Gasteiger partial charge in [-0.15, -0.1) is 0 Å². The average Bonchev–Trinajstić information content (AvgIpc) is 3.22. The first-order chi connectivity index (χ1) is 14.3. The number of nitrogens with one attached hydrogen (secondary N) is 1. The molecule has 29 heavy (non-hydrogen) atoms. The Morgan fingerprint density at radius 1 is 0.966 bits per heavy atom. The Labute approximate surface area is 168 Å². The van der Waals surface area contributed by atoms with Gasteiger partial charge in [-0.3, -0.25) is 14.8 Å². The highest BCUT2D eigenvalue weighted by Crippen LogP contribution is 2.24. The molecular formula is C23H19N5O. The number of rotatable bonds is 6. The molecule has 142 valence electrons. The Kier molecular flexibility index (Phi) is 5.53. The van der Waals surface area contributed by atoms with E-state index in [2.05, 4.69) is 15.3 Å². The van der Waals surface area contributed by atoms with Crippen molar-refractivity contribution in [2.45, 2.75) is 6.54 Å². The van der Waals surface area contributed by atoms with Gasteiger partial charge in [0.2, 0.25) is 5.91 Å². The van der Waals surface area contributed by atoms with Crippen LogP contribution in [0.1, 0.15) is 11.1 Å². The molecule has 3 heterocycles. The summed E-state index contributed by atoms with van der Waals surface area (Å²) >= 11 is 0. The molecule has 0 saturated carbocycles. The average molecular weight is 381 g/mol. The van der Waals surface area contributed by atoms with Crippen molar-refractivity contribution in [2.75, 3.05) is 0 Å². The predicted molar refractivity (Wildman–Crippen MR) is 112 cm³/mol. The Bertz CT molecular complexity index is 1110. The van der Waals surface area contributed by atoms with Crippen LogP contribution in [0.3, 0.4) is 0 Å². The van der Waals surface area contributed by atoms with Crippen LogP contribution in [-0.2, 0) is 11.3 Å². The summed E-state index contributed by atoms with van der Waals surface area (Å²) in [6, 6.07) is 17.4. The molecule has 0 bridgehead atoms. The summed E-state index contributed by atoms with van der Waals surface area (Å²) in [5, 5.41) is 7.57. The van der Waals surface area contributed by atoms with Crippen molar-refractivity contribution < 1.29 is 4.79 Å². The van der Waals surface area contributed by atoms with E-state index in [1.807, 2.05) is 60.8 Å². The van der Waals surface area contributed by atoms with Gasteiger partial charge in [-0.25, -0.2) is 4.68 Å². The number of carbonyl (C=O) groups is 1. The van der Waals surface area contributed by atoms with Crippen LogP contribution >= 0.6 is 0 Å². The predicted octanol–water partition coefficient (Wildman–Crippen LogP) is 3.66. The van der Waals surface area contributed by atoms with Gasteiger partial charge in [-0.05, 0) is 42.0 Å². The molecule has 0 aliphatic carbocycles. The highest BCUT2D eigenvalue weighted by molar-refractivity contribution is 5.92. The second-order valence-corrected chi connectivity index (χ2v) is 6.37. The first-order valence-electron chi connectivity index (χ1n) is 9.20. The molecule has 0 atom stereocenters. The number of amides is 1. The zero-order valence-corrected chi connectivity index (χ0v) is 15.6. The largest absolute Gasteiger partial charge is 0.348 e. The summed E-state index contributed by atoms with van der Waals surface area (Å²) in [5.41, 5.74) is 4.37. The van der Waals surface area contributed by atoms with E-state index in [-0.39, 0.29) is 5.91 Å². The summed E-state index contributed by atoms with van der Waals surface area (Å²) in [6.45, 7) is 0.426. The highest BCUT2D eigenvalue weighted by Gasteiger charge is 2.11. The fourth-order valence-electron chi connectivity index (χ4n) is 2.87. The molecule has 0 aliphatic heterocycles. The Morgan fingerprint density at radius 2 is 1.76 bits per heavy atom. The van der Waals surface area contributed by atoms with E-state index in [1.54, 1.807) is 35.5 Å². The van der Waals surface area contributed by atoms with Crippen LogP contribution in [0, 0.1) is 0 Å². The quantitative estimate of drug-likeness (QED) is 0.518. The molecule has 1 aromatic carbocycles. The number of hydrogen-bond donors (Lipinski definition) is 1. The van der Waals surface area contributed by atoms with E-state index in [1.165, 1.54) is 6.08 Å². The Balaban J connectivity index is 1.57. The molecule has 0 fully saturated rings. The van der Waals surface area contributed by atoms with E-state index in [0.29, 0.717) is 6.54 Å². The molecule has 0 radical (unpaired) electrons. The third-order valence-corrected chi connectivity index (χ3v) is 4.30. The third kappa shape index (κ3) is 4.62. The molecule has 0 saturated heterocycles. The number of benzene rings is 1. The third-order valence-electron chi connectivity index (χ3n) is 4.30. The minimum absolute atomic E-state index is 0.182. The molecular weight excluding hydrogens is 362 g/mol. The lowest BCUT2D eigenvalue weighted by atomic mass is 10.1. The molecule has 1 amide bonds. The number of aromatic nitrogens is 4. The van der Waals surface area contributed by atoms with Crippen molar-refractivity contribution in [3.05, 3.63) is 103 Å². The van der Waals surface area contributed by atoms with Crippen molar-refractivity contribution in [3.63, 3.8) is 0 Å². The van der Waals surface area contributed by atoms with Gasteiger partial charge in [-0.2, -0.15) is 5.10 Å². The van der Waals surface area contributed by atoms with Crippen molar-refractivity contribution >= 4 is 12.0 Å². The van der Waals surface area contributed by atoms with E-state index in [4.69, 9.17) is 5.10 Å². The van der Waals surface area contributed by atoms with Crippen molar-refractivity contribution in [2.24, 2.45) is 0 Å².